The van der Waals surface area contributed by atoms with Gasteiger partial charge in [0.1, 0.15) is 11.0 Å². The van der Waals surface area contributed by atoms with Gasteiger partial charge >= 0.3 is 0 Å². The molecule has 1 aliphatic heterocycles. The molecule has 1 aliphatic rings. The number of nitrogens with zero attached hydrogens (tertiary/aromatic N) is 4. The third kappa shape index (κ3) is 7.60. The lowest BCUT2D eigenvalue weighted by Crippen LogP contribution is -2.54. The number of piperazine rings is 1. The lowest BCUT2D eigenvalue weighted by Gasteiger charge is -2.41. The molecule has 3 rings (SSSR count). The molecule has 2 unspecified atom stereocenters. The van der Waals surface area contributed by atoms with Gasteiger partial charge in [-0.15, -0.1) is 0 Å². The number of hydrogen-bond acceptors (Lipinski definition) is 6. The largest absolute Gasteiger partial charge is 0.353 e. The molecule has 1 saturated heterocycles. The van der Waals surface area contributed by atoms with Crippen molar-refractivity contribution in [3.8, 4) is 0 Å². The maximum Gasteiger partial charge on any atom is 0.230 e. The molecule has 1 aromatic carbocycles. The quantitative estimate of drug-likeness (QED) is 0.338. The topological polar surface area (TPSA) is 78.4 Å². The molecule has 2 heterocycles. The van der Waals surface area contributed by atoms with Gasteiger partial charge < -0.3 is 15.1 Å². The van der Waals surface area contributed by atoms with E-state index in [0.29, 0.717) is 36.4 Å². The van der Waals surface area contributed by atoms with E-state index in [9.17, 15) is 9.59 Å². The Labute approximate surface area is 211 Å². The maximum absolute atomic E-state index is 12.7. The third-order valence-electron chi connectivity index (χ3n) is 5.62. The predicted octanol–water partition coefficient (Wildman–Crippen LogP) is 4.57. The van der Waals surface area contributed by atoms with Crippen LogP contribution in [0.25, 0.3) is 0 Å². The summed E-state index contributed by atoms with van der Waals surface area (Å²) in [6, 6.07) is 11.6. The number of hydrogen-bond donors (Lipinski definition) is 1. The van der Waals surface area contributed by atoms with E-state index in [2.05, 4.69) is 47.9 Å². The average molecular weight is 504 g/mol. The first kappa shape index (κ1) is 26.3. The molecular formula is C25H34ClN5O2S. The molecule has 0 saturated carbocycles. The molecule has 2 aromatic rings. The van der Waals surface area contributed by atoms with Crippen LogP contribution >= 0.6 is 23.4 Å². The van der Waals surface area contributed by atoms with E-state index in [4.69, 9.17) is 11.6 Å². The van der Waals surface area contributed by atoms with Crippen LogP contribution in [0, 0.1) is 5.41 Å². The number of nitrogens with one attached hydrogen (secondary N) is 1. The van der Waals surface area contributed by atoms with Gasteiger partial charge in [0, 0.05) is 38.2 Å². The molecule has 7 nitrogen and oxygen atoms in total. The first-order valence-corrected chi connectivity index (χ1v) is 12.9. The number of carbonyl (C=O) groups excluding carboxylic acids is 2. The Kier molecular flexibility index (Phi) is 8.82. The van der Waals surface area contributed by atoms with Gasteiger partial charge in [0.05, 0.1) is 11.8 Å². The molecule has 184 valence electrons. The molecule has 9 heteroatoms. The number of amides is 2. The fraction of sp³-hybridized carbons (Fsp3) is 0.520. The van der Waals surface area contributed by atoms with Crippen molar-refractivity contribution < 1.29 is 9.59 Å². The van der Waals surface area contributed by atoms with E-state index in [1.54, 1.807) is 6.07 Å². The molecule has 2 amide bonds. The van der Waals surface area contributed by atoms with Crippen LogP contribution in [-0.4, -0.2) is 58.1 Å². The molecule has 0 bridgehead atoms. The van der Waals surface area contributed by atoms with Gasteiger partial charge in [0.15, 0.2) is 5.16 Å². The lowest BCUT2D eigenvalue weighted by atomic mass is 9.91. The number of halogens is 1. The summed E-state index contributed by atoms with van der Waals surface area (Å²) in [4.78, 5) is 38.2. The fourth-order valence-electron chi connectivity index (χ4n) is 3.94. The van der Waals surface area contributed by atoms with E-state index in [1.165, 1.54) is 11.8 Å². The molecule has 0 aliphatic carbocycles. The van der Waals surface area contributed by atoms with Crippen molar-refractivity contribution in [3.63, 3.8) is 0 Å². The summed E-state index contributed by atoms with van der Waals surface area (Å²) >= 11 is 7.54. The Morgan fingerprint density at radius 1 is 1.21 bits per heavy atom. The van der Waals surface area contributed by atoms with Gasteiger partial charge in [-0.3, -0.25) is 9.59 Å². The van der Waals surface area contributed by atoms with Crippen molar-refractivity contribution in [2.75, 3.05) is 30.3 Å². The molecule has 1 aromatic heterocycles. The van der Waals surface area contributed by atoms with E-state index < -0.39 is 0 Å². The van der Waals surface area contributed by atoms with E-state index >= 15 is 0 Å². The van der Waals surface area contributed by atoms with E-state index in [-0.39, 0.29) is 35.1 Å². The van der Waals surface area contributed by atoms with Gasteiger partial charge in [-0.05, 0) is 24.8 Å². The summed E-state index contributed by atoms with van der Waals surface area (Å²) in [7, 11) is 0. The average Bonchev–Trinajstić information content (AvgIpc) is 2.76. The summed E-state index contributed by atoms with van der Waals surface area (Å²) < 4.78 is 0. The van der Waals surface area contributed by atoms with Gasteiger partial charge in [0.25, 0.3) is 0 Å². The van der Waals surface area contributed by atoms with Crippen LogP contribution in [-0.2, 0) is 9.59 Å². The Morgan fingerprint density at radius 3 is 2.56 bits per heavy atom. The van der Waals surface area contributed by atoms with Crippen molar-refractivity contribution in [1.29, 1.82) is 0 Å². The minimum atomic E-state index is -0.0916. The summed E-state index contributed by atoms with van der Waals surface area (Å²) in [5.41, 5.74) is 1.02. The normalized spacial score (nSPS) is 17.4. The first-order valence-electron chi connectivity index (χ1n) is 11.6. The first-order chi connectivity index (χ1) is 16.0. The molecule has 34 heavy (non-hydrogen) atoms. The molecule has 0 spiro atoms. The zero-order valence-corrected chi connectivity index (χ0v) is 22.1. The molecule has 1 N–H and O–H groups in total. The van der Waals surface area contributed by atoms with E-state index in [0.717, 1.165) is 11.4 Å². The van der Waals surface area contributed by atoms with Gasteiger partial charge in [-0.1, -0.05) is 74.5 Å². The SMILES string of the molecule is CC(NC(=O)CSc1nc(Cl)cc(N2CCN(C(=O)CC(C)(C)C)C(C)C2)n1)c1ccccc1. The zero-order chi connectivity index (χ0) is 24.9. The number of benzene rings is 1. The summed E-state index contributed by atoms with van der Waals surface area (Å²) in [6.07, 6.45) is 0.530. The number of aromatic nitrogens is 2. The Balaban J connectivity index is 1.57. The lowest BCUT2D eigenvalue weighted by molar-refractivity contribution is -0.135. The second-order valence-corrected chi connectivity index (χ2v) is 11.3. The van der Waals surface area contributed by atoms with Crippen molar-refractivity contribution in [1.82, 2.24) is 20.2 Å². The highest BCUT2D eigenvalue weighted by atomic mass is 35.5. The molecular weight excluding hydrogens is 470 g/mol. The van der Waals surface area contributed by atoms with Crippen LogP contribution in [0.3, 0.4) is 0 Å². The van der Waals surface area contributed by atoms with Crippen molar-refractivity contribution in [3.05, 3.63) is 47.1 Å². The van der Waals surface area contributed by atoms with Gasteiger partial charge in [-0.25, -0.2) is 9.97 Å². The Hall–Kier alpha value is -2.32. The minimum absolute atomic E-state index is 0.0363. The standard InChI is InChI=1S/C25H34ClN5O2S/c1-17-15-30(11-12-31(17)23(33)14-25(3,4)5)21-13-20(26)28-24(29-21)34-16-22(32)27-18(2)19-9-7-6-8-10-19/h6-10,13,17-18H,11-12,14-16H2,1-5H3,(H,27,32). The van der Waals surface area contributed by atoms with E-state index in [1.807, 2.05) is 42.2 Å². The predicted molar refractivity (Wildman–Crippen MR) is 138 cm³/mol. The second-order valence-electron chi connectivity index (χ2n) is 9.94. The monoisotopic (exact) mass is 503 g/mol. The summed E-state index contributed by atoms with van der Waals surface area (Å²) in [6.45, 7) is 12.2. The Bertz CT molecular complexity index is 999. The maximum atomic E-state index is 12.7. The van der Waals surface area contributed by atoms with Gasteiger partial charge in [-0.2, -0.15) is 0 Å². The second kappa shape index (κ2) is 11.4. The number of rotatable bonds is 7. The van der Waals surface area contributed by atoms with Crippen molar-refractivity contribution >= 4 is 41.0 Å². The molecule has 1 fully saturated rings. The minimum Gasteiger partial charge on any atom is -0.353 e. The highest BCUT2D eigenvalue weighted by Gasteiger charge is 2.30. The number of anilines is 1. The smallest absolute Gasteiger partial charge is 0.230 e. The van der Waals surface area contributed by atoms with Gasteiger partial charge in [0.2, 0.25) is 11.8 Å². The highest BCUT2D eigenvalue weighted by molar-refractivity contribution is 7.99. The number of carbonyl (C=O) groups is 2. The summed E-state index contributed by atoms with van der Waals surface area (Å²) in [5.74, 6) is 1.01. The van der Waals surface area contributed by atoms with Crippen molar-refractivity contribution in [2.45, 2.75) is 58.3 Å². The highest BCUT2D eigenvalue weighted by Crippen LogP contribution is 2.26. The van der Waals surface area contributed by atoms with Crippen molar-refractivity contribution in [2.24, 2.45) is 5.41 Å². The van der Waals surface area contributed by atoms with Crippen LogP contribution in [0.2, 0.25) is 5.15 Å². The summed E-state index contributed by atoms with van der Waals surface area (Å²) in [5, 5.41) is 3.80. The van der Waals surface area contributed by atoms with Crippen LogP contribution < -0.4 is 10.2 Å². The van der Waals surface area contributed by atoms with Crippen LogP contribution in [0.5, 0.6) is 0 Å². The molecule has 2 atom stereocenters. The van der Waals surface area contributed by atoms with Crippen LogP contribution in [0.4, 0.5) is 5.82 Å². The Morgan fingerprint density at radius 2 is 1.91 bits per heavy atom. The fourth-order valence-corrected chi connectivity index (χ4v) is 4.83. The number of thioether (sulfide) groups is 1. The van der Waals surface area contributed by atoms with Crippen LogP contribution in [0.1, 0.15) is 52.6 Å². The third-order valence-corrected chi connectivity index (χ3v) is 6.66. The van der Waals surface area contributed by atoms with Crippen LogP contribution in [0.15, 0.2) is 41.6 Å². The molecule has 0 radical (unpaired) electrons. The zero-order valence-electron chi connectivity index (χ0n) is 20.5.